The van der Waals surface area contributed by atoms with Crippen LogP contribution in [0.3, 0.4) is 0 Å². The number of aromatic nitrogens is 1. The molecular formula is C16H24N4O3. The number of amides is 2. The first-order chi connectivity index (χ1) is 11.1. The Kier molecular flexibility index (Phi) is 6.49. The van der Waals surface area contributed by atoms with Crippen LogP contribution in [0.15, 0.2) is 18.5 Å². The summed E-state index contributed by atoms with van der Waals surface area (Å²) in [4.78, 5) is 32.4. The summed E-state index contributed by atoms with van der Waals surface area (Å²) in [6.07, 6.45) is 3.86. The van der Waals surface area contributed by atoms with E-state index >= 15 is 0 Å². The van der Waals surface area contributed by atoms with Gasteiger partial charge in [-0.1, -0.05) is 0 Å². The van der Waals surface area contributed by atoms with E-state index in [9.17, 15) is 9.59 Å². The quantitative estimate of drug-likeness (QED) is 0.760. The van der Waals surface area contributed by atoms with Crippen LogP contribution in [0.2, 0.25) is 0 Å². The first-order valence-electron chi connectivity index (χ1n) is 7.83. The zero-order chi connectivity index (χ0) is 16.7. The largest absolute Gasteiger partial charge is 0.378 e. The van der Waals surface area contributed by atoms with E-state index < -0.39 is 0 Å². The topological polar surface area (TPSA) is 74.8 Å². The van der Waals surface area contributed by atoms with E-state index in [4.69, 9.17) is 4.74 Å². The first kappa shape index (κ1) is 17.4. The van der Waals surface area contributed by atoms with Crippen molar-refractivity contribution in [1.82, 2.24) is 20.1 Å². The minimum absolute atomic E-state index is 0.108. The predicted octanol–water partition coefficient (Wildman–Crippen LogP) is 0.236. The van der Waals surface area contributed by atoms with Gasteiger partial charge < -0.3 is 19.9 Å². The van der Waals surface area contributed by atoms with E-state index in [-0.39, 0.29) is 11.8 Å². The molecule has 7 nitrogen and oxygen atoms in total. The van der Waals surface area contributed by atoms with Crippen molar-refractivity contribution in [3.05, 3.63) is 29.6 Å². The molecule has 126 valence electrons. The van der Waals surface area contributed by atoms with Gasteiger partial charge in [0.05, 0.1) is 24.3 Å². The first-order valence-corrected chi connectivity index (χ1v) is 7.83. The number of nitrogens with one attached hydrogen (secondary N) is 1. The molecule has 0 saturated carbocycles. The second-order valence-corrected chi connectivity index (χ2v) is 5.78. The van der Waals surface area contributed by atoms with Crippen molar-refractivity contribution in [3.8, 4) is 0 Å². The lowest BCUT2D eigenvalue weighted by atomic mass is 10.1. The van der Waals surface area contributed by atoms with Gasteiger partial charge in [0, 0.05) is 32.0 Å². The zero-order valence-corrected chi connectivity index (χ0v) is 13.7. The molecule has 1 aliphatic heterocycles. The summed E-state index contributed by atoms with van der Waals surface area (Å²) >= 11 is 0. The Hall–Kier alpha value is -1.99. The van der Waals surface area contributed by atoms with Gasteiger partial charge in [-0.2, -0.15) is 0 Å². The maximum absolute atomic E-state index is 12.4. The Morgan fingerprint density at radius 1 is 1.26 bits per heavy atom. The number of nitrogens with zero attached hydrogens (tertiary/aromatic N) is 3. The minimum atomic E-state index is -0.201. The highest BCUT2D eigenvalue weighted by Gasteiger charge is 2.19. The van der Waals surface area contributed by atoms with Gasteiger partial charge in [0.1, 0.15) is 0 Å². The highest BCUT2D eigenvalue weighted by molar-refractivity contribution is 5.99. The highest BCUT2D eigenvalue weighted by atomic mass is 16.5. The Bertz CT molecular complexity index is 542. The maximum atomic E-state index is 12.4. The van der Waals surface area contributed by atoms with Crippen molar-refractivity contribution in [2.45, 2.75) is 6.42 Å². The van der Waals surface area contributed by atoms with Crippen LogP contribution in [0, 0.1) is 0 Å². The van der Waals surface area contributed by atoms with Crippen molar-refractivity contribution in [2.75, 3.05) is 53.5 Å². The molecule has 0 aromatic carbocycles. The van der Waals surface area contributed by atoms with Crippen LogP contribution < -0.4 is 5.32 Å². The van der Waals surface area contributed by atoms with E-state index in [0.717, 1.165) is 13.0 Å². The Labute approximate surface area is 136 Å². The highest BCUT2D eigenvalue weighted by Crippen LogP contribution is 2.09. The van der Waals surface area contributed by atoms with Crippen molar-refractivity contribution < 1.29 is 14.3 Å². The summed E-state index contributed by atoms with van der Waals surface area (Å²) in [6.45, 7) is 3.74. The van der Waals surface area contributed by atoms with Crippen molar-refractivity contribution in [1.29, 1.82) is 0 Å². The van der Waals surface area contributed by atoms with Crippen LogP contribution in [-0.4, -0.2) is 80.1 Å². The third-order valence-electron chi connectivity index (χ3n) is 3.61. The second-order valence-electron chi connectivity index (χ2n) is 5.78. The fourth-order valence-corrected chi connectivity index (χ4v) is 2.33. The summed E-state index contributed by atoms with van der Waals surface area (Å²) in [5.74, 6) is -0.309. The second kappa shape index (κ2) is 8.59. The molecule has 2 heterocycles. The summed E-state index contributed by atoms with van der Waals surface area (Å²) in [7, 11) is 3.99. The number of pyridine rings is 1. The third kappa shape index (κ3) is 5.30. The maximum Gasteiger partial charge on any atom is 0.255 e. The molecule has 7 heteroatoms. The number of carbonyl (C=O) groups is 2. The number of morpholine rings is 1. The number of rotatable bonds is 6. The molecule has 23 heavy (non-hydrogen) atoms. The molecule has 0 bridgehead atoms. The molecule has 2 rings (SSSR count). The van der Waals surface area contributed by atoms with Gasteiger partial charge in [0.25, 0.3) is 11.8 Å². The molecule has 0 atom stereocenters. The smallest absolute Gasteiger partial charge is 0.255 e. The molecule has 1 aliphatic rings. The van der Waals surface area contributed by atoms with Gasteiger partial charge >= 0.3 is 0 Å². The third-order valence-corrected chi connectivity index (χ3v) is 3.61. The lowest BCUT2D eigenvalue weighted by molar-refractivity contribution is 0.0302. The van der Waals surface area contributed by atoms with Crippen LogP contribution in [0.4, 0.5) is 0 Å². The van der Waals surface area contributed by atoms with Crippen LogP contribution in [0.5, 0.6) is 0 Å². The van der Waals surface area contributed by atoms with Gasteiger partial charge in [-0.3, -0.25) is 14.6 Å². The van der Waals surface area contributed by atoms with Gasteiger partial charge in [0.15, 0.2) is 0 Å². The van der Waals surface area contributed by atoms with Crippen LogP contribution >= 0.6 is 0 Å². The van der Waals surface area contributed by atoms with Gasteiger partial charge in [-0.15, -0.1) is 0 Å². The van der Waals surface area contributed by atoms with E-state index in [1.807, 2.05) is 14.1 Å². The van der Waals surface area contributed by atoms with Gasteiger partial charge in [-0.05, 0) is 33.1 Å². The number of hydrogen-bond donors (Lipinski definition) is 1. The van der Waals surface area contributed by atoms with E-state index in [1.54, 1.807) is 11.0 Å². The van der Waals surface area contributed by atoms with Crippen LogP contribution in [-0.2, 0) is 4.74 Å². The van der Waals surface area contributed by atoms with Gasteiger partial charge in [-0.25, -0.2) is 0 Å². The normalized spacial score (nSPS) is 14.8. The molecule has 0 aliphatic carbocycles. The van der Waals surface area contributed by atoms with Crippen molar-refractivity contribution in [3.63, 3.8) is 0 Å². The van der Waals surface area contributed by atoms with Crippen molar-refractivity contribution in [2.24, 2.45) is 0 Å². The van der Waals surface area contributed by atoms with Crippen molar-refractivity contribution >= 4 is 11.8 Å². The fourth-order valence-electron chi connectivity index (χ4n) is 2.33. The number of carbonyl (C=O) groups excluding carboxylic acids is 2. The summed E-state index contributed by atoms with van der Waals surface area (Å²) in [5, 5.41) is 2.85. The summed E-state index contributed by atoms with van der Waals surface area (Å²) in [5.41, 5.74) is 0.849. The lowest BCUT2D eigenvalue weighted by Gasteiger charge is -2.26. The van der Waals surface area contributed by atoms with E-state index in [0.29, 0.717) is 44.0 Å². The standard InChI is InChI=1S/C16H24N4O3/c1-19(2)5-3-4-18-15(21)13-10-14(12-17-11-13)16(22)20-6-8-23-9-7-20/h10-12H,3-9H2,1-2H3,(H,18,21). The molecule has 1 saturated heterocycles. The SMILES string of the molecule is CN(C)CCCNC(=O)c1cncc(C(=O)N2CCOCC2)c1. The molecular weight excluding hydrogens is 296 g/mol. The lowest BCUT2D eigenvalue weighted by Crippen LogP contribution is -2.40. The van der Waals surface area contributed by atoms with Gasteiger partial charge in [0.2, 0.25) is 0 Å². The molecule has 0 unspecified atom stereocenters. The van der Waals surface area contributed by atoms with Crippen LogP contribution in [0.25, 0.3) is 0 Å². The minimum Gasteiger partial charge on any atom is -0.378 e. The Balaban J connectivity index is 1.93. The monoisotopic (exact) mass is 320 g/mol. The summed E-state index contributed by atoms with van der Waals surface area (Å²) in [6, 6.07) is 1.60. The van der Waals surface area contributed by atoms with E-state index in [2.05, 4.69) is 15.2 Å². The molecule has 1 N–H and O–H groups in total. The average molecular weight is 320 g/mol. The van der Waals surface area contributed by atoms with E-state index in [1.165, 1.54) is 12.4 Å². The molecule has 1 aromatic heterocycles. The molecule has 2 amide bonds. The number of ether oxygens (including phenoxy) is 1. The molecule has 0 radical (unpaired) electrons. The zero-order valence-electron chi connectivity index (χ0n) is 13.7. The number of hydrogen-bond acceptors (Lipinski definition) is 5. The average Bonchev–Trinajstić information content (AvgIpc) is 2.58. The fraction of sp³-hybridized carbons (Fsp3) is 0.562. The molecule has 0 spiro atoms. The molecule has 1 fully saturated rings. The Morgan fingerprint density at radius 3 is 2.65 bits per heavy atom. The van der Waals surface area contributed by atoms with Crippen LogP contribution in [0.1, 0.15) is 27.1 Å². The molecule has 1 aromatic rings. The summed E-state index contributed by atoms with van der Waals surface area (Å²) < 4.78 is 5.24. The predicted molar refractivity (Wildman–Crippen MR) is 86.5 cm³/mol. The Morgan fingerprint density at radius 2 is 1.96 bits per heavy atom.